The quantitative estimate of drug-likeness (QED) is 0.505. The van der Waals surface area contributed by atoms with Crippen molar-refractivity contribution in [3.8, 4) is 17.2 Å². The highest BCUT2D eigenvalue weighted by atomic mass is 35.5. The highest BCUT2D eigenvalue weighted by Crippen LogP contribution is 2.37. The van der Waals surface area contributed by atoms with Gasteiger partial charge in [-0.25, -0.2) is 17.9 Å². The number of carbonyl (C=O) groups is 2. The Bertz CT molecular complexity index is 1070. The Kier molecular flexibility index (Phi) is 5.69. The lowest BCUT2D eigenvalue weighted by atomic mass is 10.2. The number of carbonyl (C=O) groups excluding carboxylic acids is 1. The molecule has 1 saturated carbocycles. The van der Waals surface area contributed by atoms with E-state index in [0.29, 0.717) is 5.56 Å². The number of phenols is 1. The number of aliphatic carboxylic acids is 1. The lowest BCUT2D eigenvalue weighted by Gasteiger charge is -2.14. The van der Waals surface area contributed by atoms with Crippen molar-refractivity contribution in [2.45, 2.75) is 30.7 Å². The van der Waals surface area contributed by atoms with E-state index >= 15 is 0 Å². The van der Waals surface area contributed by atoms with Crippen molar-refractivity contribution in [1.82, 2.24) is 4.72 Å². The first kappa shape index (κ1) is 20.9. The molecule has 154 valence electrons. The van der Waals surface area contributed by atoms with E-state index < -0.39 is 27.6 Å². The van der Waals surface area contributed by atoms with Gasteiger partial charge in [-0.15, -0.1) is 0 Å². The average molecular weight is 441 g/mol. The van der Waals surface area contributed by atoms with Crippen LogP contribution in [0.1, 0.15) is 18.4 Å². The van der Waals surface area contributed by atoms with E-state index in [1.165, 1.54) is 30.3 Å². The fraction of sp³-hybridized carbons (Fsp3) is 0.222. The van der Waals surface area contributed by atoms with Crippen LogP contribution < -0.4 is 14.8 Å². The number of carboxylic acid groups (broad SMARTS) is 1. The van der Waals surface area contributed by atoms with E-state index in [1.807, 2.05) is 0 Å². The summed E-state index contributed by atoms with van der Waals surface area (Å²) in [4.78, 5) is 21.6. The Balaban J connectivity index is 1.87. The normalized spacial score (nSPS) is 13.7. The molecule has 4 N–H and O–H groups in total. The third kappa shape index (κ3) is 4.97. The summed E-state index contributed by atoms with van der Waals surface area (Å²) in [6.07, 6.45) is 1.49. The van der Waals surface area contributed by atoms with E-state index in [4.69, 9.17) is 21.4 Å². The molecule has 0 radical (unpaired) electrons. The second-order valence-corrected chi connectivity index (χ2v) is 8.58. The highest BCUT2D eigenvalue weighted by molar-refractivity contribution is 7.89. The second-order valence-electron chi connectivity index (χ2n) is 6.49. The number of phenolic OH excluding ortho intramolecular Hbond substituents is 1. The number of nitrogens with one attached hydrogen (secondary N) is 2. The lowest BCUT2D eigenvalue weighted by molar-refractivity contribution is -0.147. The molecule has 0 atom stereocenters. The van der Waals surface area contributed by atoms with Crippen molar-refractivity contribution in [1.29, 1.82) is 0 Å². The molecule has 1 fully saturated rings. The first-order valence-corrected chi connectivity index (χ1v) is 10.3. The number of carboxylic acids is 1. The van der Waals surface area contributed by atoms with Gasteiger partial charge in [-0.1, -0.05) is 11.6 Å². The summed E-state index contributed by atoms with van der Waals surface area (Å²) in [5, 5.41) is 20.9. The molecule has 1 aliphatic rings. The summed E-state index contributed by atoms with van der Waals surface area (Å²) in [6.45, 7) is 1.62. The van der Waals surface area contributed by atoms with Gasteiger partial charge in [0.15, 0.2) is 0 Å². The molecule has 2 aromatic carbocycles. The Morgan fingerprint density at radius 2 is 1.90 bits per heavy atom. The molecule has 0 saturated heterocycles. The van der Waals surface area contributed by atoms with Crippen molar-refractivity contribution in [2.24, 2.45) is 0 Å². The number of anilines is 1. The van der Waals surface area contributed by atoms with Crippen LogP contribution in [0.25, 0.3) is 0 Å². The summed E-state index contributed by atoms with van der Waals surface area (Å²) in [5.41, 5.74) is 0.627. The zero-order chi connectivity index (χ0) is 21.3. The number of aromatic hydroxyl groups is 1. The van der Waals surface area contributed by atoms with Gasteiger partial charge in [-0.2, -0.15) is 0 Å². The number of halogens is 1. The molecule has 0 heterocycles. The first-order valence-electron chi connectivity index (χ1n) is 8.44. The largest absolute Gasteiger partial charge is 0.507 e. The zero-order valence-electron chi connectivity index (χ0n) is 15.1. The van der Waals surface area contributed by atoms with Gasteiger partial charge < -0.3 is 20.3 Å². The molecule has 2 aromatic rings. The number of hydrogen-bond acceptors (Lipinski definition) is 6. The predicted octanol–water partition coefficient (Wildman–Crippen LogP) is 2.61. The van der Waals surface area contributed by atoms with Crippen molar-refractivity contribution >= 4 is 39.2 Å². The lowest BCUT2D eigenvalue weighted by Crippen LogP contribution is -2.25. The maximum absolute atomic E-state index is 12.4. The molecule has 3 rings (SSSR count). The van der Waals surface area contributed by atoms with E-state index in [2.05, 4.69) is 10.0 Å². The number of sulfonamides is 1. The predicted molar refractivity (Wildman–Crippen MR) is 104 cm³/mol. The van der Waals surface area contributed by atoms with Crippen molar-refractivity contribution < 1.29 is 33.0 Å². The van der Waals surface area contributed by atoms with Gasteiger partial charge in [0.25, 0.3) is 0 Å². The SMILES string of the molecule is Cc1cc(NC(=O)C(=O)O)cc(Cl)c1Oc1ccc(O)c(S(=O)(=O)NC2CC2)c1. The zero-order valence-corrected chi connectivity index (χ0v) is 16.7. The molecule has 1 aliphatic carbocycles. The van der Waals surface area contributed by atoms with E-state index in [-0.39, 0.29) is 33.1 Å². The van der Waals surface area contributed by atoms with Crippen molar-refractivity contribution in [3.63, 3.8) is 0 Å². The number of benzene rings is 2. The van der Waals surface area contributed by atoms with Gasteiger partial charge in [0.2, 0.25) is 10.0 Å². The van der Waals surface area contributed by atoms with Crippen LogP contribution in [-0.2, 0) is 19.6 Å². The minimum Gasteiger partial charge on any atom is -0.507 e. The van der Waals surface area contributed by atoms with E-state index in [0.717, 1.165) is 12.8 Å². The summed E-state index contributed by atoms with van der Waals surface area (Å²) in [5.74, 6) is -2.97. The molecule has 0 aliphatic heterocycles. The number of amides is 1. The molecule has 0 bridgehead atoms. The Morgan fingerprint density at radius 1 is 1.21 bits per heavy atom. The molecular weight excluding hydrogens is 424 g/mol. The summed E-state index contributed by atoms with van der Waals surface area (Å²) >= 11 is 6.18. The molecule has 9 nitrogen and oxygen atoms in total. The van der Waals surface area contributed by atoms with Crippen molar-refractivity contribution in [3.05, 3.63) is 40.9 Å². The average Bonchev–Trinajstić information content (AvgIpc) is 3.42. The van der Waals surface area contributed by atoms with Crippen LogP contribution in [0.3, 0.4) is 0 Å². The Labute approximate surface area is 171 Å². The minimum absolute atomic E-state index is 0.0688. The third-order valence-electron chi connectivity index (χ3n) is 4.02. The topological polar surface area (TPSA) is 142 Å². The Morgan fingerprint density at radius 3 is 2.48 bits per heavy atom. The molecule has 0 aromatic heterocycles. The minimum atomic E-state index is -3.91. The highest BCUT2D eigenvalue weighted by Gasteiger charge is 2.30. The number of aryl methyl sites for hydroxylation is 1. The van der Waals surface area contributed by atoms with E-state index in [1.54, 1.807) is 6.92 Å². The van der Waals surface area contributed by atoms with Crippen LogP contribution in [0.15, 0.2) is 35.2 Å². The smallest absolute Gasteiger partial charge is 0.394 e. The Hall–Kier alpha value is -2.82. The number of rotatable bonds is 6. The molecule has 29 heavy (non-hydrogen) atoms. The van der Waals surface area contributed by atoms with Crippen LogP contribution in [0.2, 0.25) is 5.02 Å². The van der Waals surface area contributed by atoms with Crippen LogP contribution in [-0.4, -0.2) is 36.5 Å². The van der Waals surface area contributed by atoms with E-state index in [9.17, 15) is 23.1 Å². The van der Waals surface area contributed by atoms with Gasteiger partial charge in [-0.3, -0.25) is 4.79 Å². The van der Waals surface area contributed by atoms with Gasteiger partial charge in [-0.05, 0) is 49.6 Å². The van der Waals surface area contributed by atoms with Gasteiger partial charge in [0.05, 0.1) is 5.02 Å². The fourth-order valence-corrected chi connectivity index (χ4v) is 4.21. The van der Waals surface area contributed by atoms with Crippen LogP contribution in [0.4, 0.5) is 5.69 Å². The maximum atomic E-state index is 12.4. The summed E-state index contributed by atoms with van der Waals surface area (Å²) in [7, 11) is -3.91. The molecule has 0 spiro atoms. The number of ether oxygens (including phenoxy) is 1. The fourth-order valence-electron chi connectivity index (χ4n) is 2.49. The van der Waals surface area contributed by atoms with Gasteiger partial charge in [0.1, 0.15) is 22.1 Å². The second kappa shape index (κ2) is 7.90. The summed E-state index contributed by atoms with van der Waals surface area (Å²) in [6, 6.07) is 6.37. The molecule has 0 unspecified atom stereocenters. The standard InChI is InChI=1S/C18H17ClN2O7S/c1-9-6-11(20-17(23)18(24)25)7-13(19)16(9)28-12-4-5-14(22)15(8-12)29(26,27)21-10-2-3-10/h4-8,10,21-22H,2-3H2,1H3,(H,20,23)(H,24,25). The van der Waals surface area contributed by atoms with Crippen LogP contribution >= 0.6 is 11.6 Å². The van der Waals surface area contributed by atoms with Crippen LogP contribution in [0.5, 0.6) is 17.2 Å². The first-order chi connectivity index (χ1) is 13.6. The number of hydrogen-bond donors (Lipinski definition) is 4. The van der Waals surface area contributed by atoms with Gasteiger partial charge >= 0.3 is 11.9 Å². The molecular formula is C18H17ClN2O7S. The van der Waals surface area contributed by atoms with Crippen molar-refractivity contribution in [2.75, 3.05) is 5.32 Å². The monoisotopic (exact) mass is 440 g/mol. The van der Waals surface area contributed by atoms with Gasteiger partial charge in [0, 0.05) is 17.8 Å². The third-order valence-corrected chi connectivity index (χ3v) is 5.85. The molecule has 1 amide bonds. The van der Waals surface area contributed by atoms with Crippen LogP contribution in [0, 0.1) is 6.92 Å². The molecule has 11 heteroatoms. The summed E-state index contributed by atoms with van der Waals surface area (Å²) < 4.78 is 33.0. The maximum Gasteiger partial charge on any atom is 0.394 e.